The maximum atomic E-state index is 13.0. The molecule has 47 heavy (non-hydrogen) atoms. The van der Waals surface area contributed by atoms with Crippen molar-refractivity contribution < 1.29 is 23.8 Å². The third-order valence-corrected chi connectivity index (χ3v) is 9.90. The van der Waals surface area contributed by atoms with Crippen molar-refractivity contribution in [2.45, 2.75) is 44.9 Å². The molecule has 0 bridgehead atoms. The van der Waals surface area contributed by atoms with Crippen molar-refractivity contribution in [2.24, 2.45) is 11.8 Å². The molecule has 2 heterocycles. The van der Waals surface area contributed by atoms with Crippen LogP contribution < -0.4 is 19.5 Å². The Morgan fingerprint density at radius 2 is 1.47 bits per heavy atom. The standard InChI is InChI=1S/C37H44ClN3O5S/c1-44-32-13-14-33(34(24-32)45-2)36(43)28-9-11-31(12-10-28)46-25-35(42)40-19-15-26(16-20-40)5-3-6-27-17-21-41(22-18-27)37(47)39-30-8-4-7-29(38)23-30/h4,7-14,23-24,26-27H,3,5-6,15-22,25H2,1-2H3,(H,39,47). The van der Waals surface area contributed by atoms with Crippen LogP contribution in [0.4, 0.5) is 5.69 Å². The van der Waals surface area contributed by atoms with Crippen LogP contribution in [0.5, 0.6) is 17.2 Å². The zero-order valence-corrected chi connectivity index (χ0v) is 28.8. The number of thiocarbonyl (C=S) groups is 1. The van der Waals surface area contributed by atoms with Gasteiger partial charge in [-0.05, 0) is 104 Å². The van der Waals surface area contributed by atoms with Gasteiger partial charge in [-0.25, -0.2) is 0 Å². The van der Waals surface area contributed by atoms with E-state index >= 15 is 0 Å². The van der Waals surface area contributed by atoms with Crippen molar-refractivity contribution in [1.29, 1.82) is 0 Å². The van der Waals surface area contributed by atoms with Crippen LogP contribution in [0.25, 0.3) is 0 Å². The number of likely N-dealkylation sites (tertiary alicyclic amines) is 2. The Labute approximate surface area is 288 Å². The summed E-state index contributed by atoms with van der Waals surface area (Å²) in [4.78, 5) is 30.1. The average molecular weight is 678 g/mol. The Hall–Kier alpha value is -3.82. The van der Waals surface area contributed by atoms with Crippen LogP contribution in [0.15, 0.2) is 66.7 Å². The van der Waals surface area contributed by atoms with Crippen LogP contribution in [-0.4, -0.2) is 73.6 Å². The third-order valence-electron chi connectivity index (χ3n) is 9.30. The fraction of sp³-hybridized carbons (Fsp3) is 0.432. The fourth-order valence-corrected chi connectivity index (χ4v) is 6.93. The second-order valence-corrected chi connectivity index (χ2v) is 13.2. The third kappa shape index (κ3) is 9.61. The molecule has 0 aromatic heterocycles. The summed E-state index contributed by atoms with van der Waals surface area (Å²) in [7, 11) is 3.09. The van der Waals surface area contributed by atoms with Gasteiger partial charge < -0.3 is 29.3 Å². The Morgan fingerprint density at radius 3 is 2.09 bits per heavy atom. The van der Waals surface area contributed by atoms with Crippen molar-refractivity contribution in [2.75, 3.05) is 52.3 Å². The second-order valence-electron chi connectivity index (χ2n) is 12.3. The van der Waals surface area contributed by atoms with E-state index in [1.54, 1.807) is 49.6 Å². The molecule has 0 aliphatic carbocycles. The number of nitrogens with one attached hydrogen (secondary N) is 1. The normalized spacial score (nSPS) is 15.6. The SMILES string of the molecule is COc1ccc(C(=O)c2ccc(OCC(=O)N3CCC(CCCC4CCN(C(=S)Nc5cccc(Cl)c5)CC4)CC3)cc2)c(OC)c1. The van der Waals surface area contributed by atoms with Crippen LogP contribution in [0.2, 0.25) is 5.02 Å². The molecule has 3 aromatic carbocycles. The molecule has 3 aromatic rings. The van der Waals surface area contributed by atoms with Crippen molar-refractivity contribution in [3.63, 3.8) is 0 Å². The van der Waals surface area contributed by atoms with Crippen molar-refractivity contribution in [1.82, 2.24) is 9.80 Å². The molecule has 1 amide bonds. The second kappa shape index (κ2) is 16.8. The minimum Gasteiger partial charge on any atom is -0.497 e. The Morgan fingerprint density at radius 1 is 0.830 bits per heavy atom. The molecular formula is C37H44ClN3O5S. The summed E-state index contributed by atoms with van der Waals surface area (Å²) < 4.78 is 16.4. The molecule has 5 rings (SSSR count). The summed E-state index contributed by atoms with van der Waals surface area (Å²) in [5, 5.41) is 4.79. The summed E-state index contributed by atoms with van der Waals surface area (Å²) in [6.07, 6.45) is 8.13. The monoisotopic (exact) mass is 677 g/mol. The van der Waals surface area contributed by atoms with Gasteiger partial charge in [0.15, 0.2) is 17.5 Å². The van der Waals surface area contributed by atoms with Crippen LogP contribution >= 0.6 is 23.8 Å². The topological polar surface area (TPSA) is 80.3 Å². The van der Waals surface area contributed by atoms with E-state index in [2.05, 4.69) is 10.2 Å². The minimum atomic E-state index is -0.163. The Balaban J connectivity index is 0.964. The average Bonchev–Trinajstić information content (AvgIpc) is 3.10. The summed E-state index contributed by atoms with van der Waals surface area (Å²) in [6.45, 7) is 3.52. The van der Waals surface area contributed by atoms with E-state index in [1.807, 2.05) is 29.2 Å². The van der Waals surface area contributed by atoms with E-state index in [4.69, 9.17) is 38.0 Å². The number of hydrogen-bond acceptors (Lipinski definition) is 6. The van der Waals surface area contributed by atoms with E-state index in [1.165, 1.54) is 39.2 Å². The largest absolute Gasteiger partial charge is 0.497 e. The van der Waals surface area contributed by atoms with Gasteiger partial charge in [0.1, 0.15) is 17.2 Å². The van der Waals surface area contributed by atoms with Gasteiger partial charge in [0, 0.05) is 48.5 Å². The first kappa shape index (κ1) is 34.5. The van der Waals surface area contributed by atoms with Gasteiger partial charge in [0.2, 0.25) is 0 Å². The van der Waals surface area contributed by atoms with Crippen LogP contribution in [0.1, 0.15) is 60.9 Å². The van der Waals surface area contributed by atoms with Gasteiger partial charge in [0.25, 0.3) is 5.91 Å². The summed E-state index contributed by atoms with van der Waals surface area (Å²) in [6, 6.07) is 19.6. The summed E-state index contributed by atoms with van der Waals surface area (Å²) in [5.41, 5.74) is 1.88. The smallest absolute Gasteiger partial charge is 0.260 e. The number of carbonyl (C=O) groups is 2. The quantitative estimate of drug-likeness (QED) is 0.156. The first-order chi connectivity index (χ1) is 22.8. The number of rotatable bonds is 12. The van der Waals surface area contributed by atoms with Gasteiger partial charge in [-0.1, -0.05) is 36.9 Å². The molecule has 250 valence electrons. The Kier molecular flexibility index (Phi) is 12.4. The lowest BCUT2D eigenvalue weighted by atomic mass is 9.87. The lowest BCUT2D eigenvalue weighted by molar-refractivity contribution is -0.134. The molecule has 2 fully saturated rings. The molecule has 0 saturated carbocycles. The molecule has 10 heteroatoms. The number of hydrogen-bond donors (Lipinski definition) is 1. The maximum Gasteiger partial charge on any atom is 0.260 e. The predicted molar refractivity (Wildman–Crippen MR) is 190 cm³/mol. The molecule has 0 unspecified atom stereocenters. The summed E-state index contributed by atoms with van der Waals surface area (Å²) in [5.74, 6) is 2.87. The van der Waals surface area contributed by atoms with Crippen LogP contribution in [0, 0.1) is 11.8 Å². The van der Waals surface area contributed by atoms with Gasteiger partial charge >= 0.3 is 0 Å². The first-order valence-electron chi connectivity index (χ1n) is 16.4. The van der Waals surface area contributed by atoms with E-state index in [0.717, 1.165) is 55.7 Å². The van der Waals surface area contributed by atoms with Crippen molar-refractivity contribution >= 4 is 46.3 Å². The highest BCUT2D eigenvalue weighted by Crippen LogP contribution is 2.29. The van der Waals surface area contributed by atoms with Crippen molar-refractivity contribution in [3.05, 3.63) is 82.9 Å². The molecule has 2 aliphatic heterocycles. The number of carbonyl (C=O) groups excluding carboxylic acids is 2. The number of nitrogens with zero attached hydrogens (tertiary/aromatic N) is 2. The lowest BCUT2D eigenvalue weighted by Gasteiger charge is -2.34. The first-order valence-corrected chi connectivity index (χ1v) is 17.2. The molecular weight excluding hydrogens is 634 g/mol. The minimum absolute atomic E-state index is 0.00102. The highest BCUT2D eigenvalue weighted by molar-refractivity contribution is 7.80. The van der Waals surface area contributed by atoms with Crippen LogP contribution in [0.3, 0.4) is 0 Å². The highest BCUT2D eigenvalue weighted by Gasteiger charge is 2.25. The molecule has 0 atom stereocenters. The number of benzene rings is 3. The zero-order valence-electron chi connectivity index (χ0n) is 27.2. The molecule has 0 radical (unpaired) electrons. The number of halogens is 1. The van der Waals surface area contributed by atoms with Gasteiger partial charge in [-0.15, -0.1) is 0 Å². The van der Waals surface area contributed by atoms with E-state index in [0.29, 0.717) is 39.3 Å². The number of piperidine rings is 2. The molecule has 1 N–H and O–H groups in total. The number of amides is 1. The zero-order chi connectivity index (χ0) is 33.2. The number of ketones is 1. The predicted octanol–water partition coefficient (Wildman–Crippen LogP) is 7.48. The van der Waals surface area contributed by atoms with Gasteiger partial charge in [-0.2, -0.15) is 0 Å². The molecule has 0 spiro atoms. The van der Waals surface area contributed by atoms with E-state index in [9.17, 15) is 9.59 Å². The van der Waals surface area contributed by atoms with Crippen LogP contribution in [-0.2, 0) is 4.79 Å². The Bertz CT molecular complexity index is 1520. The van der Waals surface area contributed by atoms with Crippen molar-refractivity contribution in [3.8, 4) is 17.2 Å². The molecule has 8 nitrogen and oxygen atoms in total. The van der Waals surface area contributed by atoms with E-state index in [-0.39, 0.29) is 18.3 Å². The number of methoxy groups -OCH3 is 2. The van der Waals surface area contributed by atoms with E-state index < -0.39 is 0 Å². The highest BCUT2D eigenvalue weighted by atomic mass is 35.5. The number of ether oxygens (including phenoxy) is 3. The molecule has 2 aliphatic rings. The summed E-state index contributed by atoms with van der Waals surface area (Å²) >= 11 is 11.7. The maximum absolute atomic E-state index is 13.0. The van der Waals surface area contributed by atoms with Gasteiger partial charge in [-0.3, -0.25) is 9.59 Å². The number of anilines is 1. The fourth-order valence-electron chi connectivity index (χ4n) is 6.44. The van der Waals surface area contributed by atoms with Gasteiger partial charge in [0.05, 0.1) is 19.8 Å². The molecule has 2 saturated heterocycles. The lowest BCUT2D eigenvalue weighted by Crippen LogP contribution is -2.41.